The molecule has 0 aromatic heterocycles. The second-order valence-corrected chi connectivity index (χ2v) is 4.05. The van der Waals surface area contributed by atoms with E-state index in [1.165, 1.54) is 6.07 Å². The lowest BCUT2D eigenvalue weighted by Gasteiger charge is -2.05. The van der Waals surface area contributed by atoms with Gasteiger partial charge in [0.2, 0.25) is 0 Å². The summed E-state index contributed by atoms with van der Waals surface area (Å²) in [5.74, 6) is -1.23. The molecule has 0 saturated heterocycles. The van der Waals surface area contributed by atoms with E-state index in [4.69, 9.17) is 5.11 Å². The van der Waals surface area contributed by atoms with Crippen molar-refractivity contribution in [2.75, 3.05) is 0 Å². The molecule has 1 rings (SSSR count). The van der Waals surface area contributed by atoms with Gasteiger partial charge in [-0.25, -0.2) is 0 Å². The van der Waals surface area contributed by atoms with Crippen LogP contribution in [0, 0.1) is 0 Å². The number of carboxylic acid groups (broad SMARTS) is 1. The monoisotopic (exact) mass is 274 g/mol. The van der Waals surface area contributed by atoms with Crippen LogP contribution in [0.25, 0.3) is 0 Å². The largest absolute Gasteiger partial charge is 0.504 e. The number of carbonyl (C=O) groups is 1. The lowest BCUT2D eigenvalue weighted by atomic mass is 10.1. The fraction of sp³-hybridized carbons (Fsp3) is 0.300. The number of halogens is 1. The summed E-state index contributed by atoms with van der Waals surface area (Å²) in [6.07, 6.45) is 1.16. The molecule has 0 aliphatic rings. The van der Waals surface area contributed by atoms with Crippen LogP contribution in [-0.2, 0) is 11.2 Å². The summed E-state index contributed by atoms with van der Waals surface area (Å²) >= 11 is 3.09. The van der Waals surface area contributed by atoms with Crippen molar-refractivity contribution in [1.82, 2.24) is 0 Å². The van der Waals surface area contributed by atoms with Crippen molar-refractivity contribution in [2.45, 2.75) is 19.3 Å². The van der Waals surface area contributed by atoms with Crippen LogP contribution < -0.4 is 0 Å². The third kappa shape index (κ3) is 3.43. The van der Waals surface area contributed by atoms with Gasteiger partial charge in [0.25, 0.3) is 0 Å². The normalized spacial score (nSPS) is 10.2. The molecule has 4 nitrogen and oxygen atoms in total. The number of benzene rings is 1. The first-order valence-electron chi connectivity index (χ1n) is 4.43. The standard InChI is InChI=1S/C10H11BrO4/c11-7-4-6(2-1-3-9(13)14)5-8(12)10(7)15/h4-5,12,15H,1-3H2,(H,13,14). The van der Waals surface area contributed by atoms with E-state index >= 15 is 0 Å². The molecular weight excluding hydrogens is 264 g/mol. The maximum absolute atomic E-state index is 10.3. The van der Waals surface area contributed by atoms with Gasteiger partial charge < -0.3 is 15.3 Å². The minimum Gasteiger partial charge on any atom is -0.504 e. The average Bonchev–Trinajstić information content (AvgIpc) is 2.13. The second kappa shape index (κ2) is 5.02. The van der Waals surface area contributed by atoms with Gasteiger partial charge in [0.05, 0.1) is 4.47 Å². The van der Waals surface area contributed by atoms with Crippen molar-refractivity contribution in [2.24, 2.45) is 0 Å². The van der Waals surface area contributed by atoms with Crippen molar-refractivity contribution in [3.63, 3.8) is 0 Å². The minimum atomic E-state index is -0.836. The van der Waals surface area contributed by atoms with Crippen molar-refractivity contribution in [1.29, 1.82) is 0 Å². The molecule has 1 aromatic carbocycles. The van der Waals surface area contributed by atoms with Gasteiger partial charge in [0, 0.05) is 6.42 Å². The van der Waals surface area contributed by atoms with E-state index in [2.05, 4.69) is 15.9 Å². The van der Waals surface area contributed by atoms with Crippen molar-refractivity contribution >= 4 is 21.9 Å². The summed E-state index contributed by atoms with van der Waals surface area (Å²) < 4.78 is 0.410. The number of carboxylic acids is 1. The summed E-state index contributed by atoms with van der Waals surface area (Å²) in [4.78, 5) is 10.3. The fourth-order valence-corrected chi connectivity index (χ4v) is 1.72. The highest BCUT2D eigenvalue weighted by molar-refractivity contribution is 9.10. The Hall–Kier alpha value is -1.23. The highest BCUT2D eigenvalue weighted by Crippen LogP contribution is 2.34. The first-order valence-corrected chi connectivity index (χ1v) is 5.22. The molecule has 0 spiro atoms. The Morgan fingerprint density at radius 3 is 2.53 bits per heavy atom. The molecule has 0 atom stereocenters. The highest BCUT2D eigenvalue weighted by Gasteiger charge is 2.07. The Kier molecular flexibility index (Phi) is 3.96. The zero-order chi connectivity index (χ0) is 11.4. The first-order chi connectivity index (χ1) is 7.00. The van der Waals surface area contributed by atoms with E-state index in [0.29, 0.717) is 17.3 Å². The Bertz CT molecular complexity index is 353. The summed E-state index contributed by atoms with van der Waals surface area (Å²) in [7, 11) is 0. The van der Waals surface area contributed by atoms with Crippen LogP contribution >= 0.6 is 15.9 Å². The van der Waals surface area contributed by atoms with E-state index in [1.807, 2.05) is 0 Å². The Balaban J connectivity index is 2.66. The van der Waals surface area contributed by atoms with Gasteiger partial charge in [-0.3, -0.25) is 4.79 Å². The van der Waals surface area contributed by atoms with Crippen LogP contribution in [0.4, 0.5) is 0 Å². The Morgan fingerprint density at radius 1 is 1.33 bits per heavy atom. The quantitative estimate of drug-likeness (QED) is 0.736. The van der Waals surface area contributed by atoms with Gasteiger partial charge in [-0.15, -0.1) is 0 Å². The van der Waals surface area contributed by atoms with Crippen LogP contribution in [0.5, 0.6) is 11.5 Å². The summed E-state index contributed by atoms with van der Waals surface area (Å²) in [5, 5.41) is 27.0. The van der Waals surface area contributed by atoms with E-state index in [-0.39, 0.29) is 17.9 Å². The molecule has 0 heterocycles. The SMILES string of the molecule is O=C(O)CCCc1cc(O)c(O)c(Br)c1. The number of hydrogen-bond acceptors (Lipinski definition) is 3. The van der Waals surface area contributed by atoms with Gasteiger partial charge in [0.15, 0.2) is 11.5 Å². The van der Waals surface area contributed by atoms with Gasteiger partial charge in [0.1, 0.15) is 0 Å². The van der Waals surface area contributed by atoms with E-state index in [0.717, 1.165) is 5.56 Å². The molecule has 0 aliphatic heterocycles. The van der Waals surface area contributed by atoms with Crippen LogP contribution in [-0.4, -0.2) is 21.3 Å². The summed E-state index contributed by atoms with van der Waals surface area (Å²) in [5.41, 5.74) is 0.790. The maximum atomic E-state index is 10.3. The predicted molar refractivity (Wildman–Crippen MR) is 58.0 cm³/mol. The zero-order valence-corrected chi connectivity index (χ0v) is 9.49. The summed E-state index contributed by atoms with van der Waals surface area (Å²) in [6.45, 7) is 0. The van der Waals surface area contributed by atoms with Crippen molar-refractivity contribution in [3.8, 4) is 11.5 Å². The van der Waals surface area contributed by atoms with Gasteiger partial charge in [-0.2, -0.15) is 0 Å². The molecule has 0 unspecified atom stereocenters. The van der Waals surface area contributed by atoms with E-state index in [9.17, 15) is 15.0 Å². The van der Waals surface area contributed by atoms with Crippen molar-refractivity contribution < 1.29 is 20.1 Å². The van der Waals surface area contributed by atoms with Gasteiger partial charge in [-0.1, -0.05) is 0 Å². The topological polar surface area (TPSA) is 77.8 Å². The van der Waals surface area contributed by atoms with Crippen molar-refractivity contribution in [3.05, 3.63) is 22.2 Å². The predicted octanol–water partition coefficient (Wildman–Crippen LogP) is 2.27. The number of phenolic OH excluding ortho intramolecular Hbond substituents is 2. The Morgan fingerprint density at radius 2 is 2.00 bits per heavy atom. The number of phenols is 2. The molecule has 0 radical (unpaired) electrons. The van der Waals surface area contributed by atoms with E-state index < -0.39 is 5.97 Å². The third-order valence-electron chi connectivity index (χ3n) is 1.96. The van der Waals surface area contributed by atoms with Crippen LogP contribution in [0.3, 0.4) is 0 Å². The smallest absolute Gasteiger partial charge is 0.303 e. The number of aliphatic carboxylic acids is 1. The zero-order valence-electron chi connectivity index (χ0n) is 7.90. The highest BCUT2D eigenvalue weighted by atomic mass is 79.9. The molecule has 82 valence electrons. The van der Waals surface area contributed by atoms with Crippen LogP contribution in [0.15, 0.2) is 16.6 Å². The lowest BCUT2D eigenvalue weighted by molar-refractivity contribution is -0.137. The minimum absolute atomic E-state index is 0.0965. The van der Waals surface area contributed by atoms with Gasteiger partial charge >= 0.3 is 5.97 Å². The van der Waals surface area contributed by atoms with Crippen LogP contribution in [0.2, 0.25) is 0 Å². The average molecular weight is 275 g/mol. The molecule has 5 heteroatoms. The number of rotatable bonds is 4. The molecule has 0 amide bonds. The lowest BCUT2D eigenvalue weighted by Crippen LogP contribution is -1.95. The summed E-state index contributed by atoms with van der Waals surface area (Å²) in [6, 6.07) is 3.10. The molecule has 0 bridgehead atoms. The second-order valence-electron chi connectivity index (χ2n) is 3.19. The molecule has 0 aliphatic carbocycles. The molecular formula is C10H11BrO4. The van der Waals surface area contributed by atoms with E-state index in [1.54, 1.807) is 6.07 Å². The maximum Gasteiger partial charge on any atom is 0.303 e. The molecule has 15 heavy (non-hydrogen) atoms. The number of aryl methyl sites for hydroxylation is 1. The molecule has 0 fully saturated rings. The number of aromatic hydroxyl groups is 2. The number of hydrogen-bond donors (Lipinski definition) is 3. The molecule has 1 aromatic rings. The van der Waals surface area contributed by atoms with Gasteiger partial charge in [-0.05, 0) is 46.5 Å². The molecule has 0 saturated carbocycles. The molecule has 3 N–H and O–H groups in total. The van der Waals surface area contributed by atoms with Crippen LogP contribution in [0.1, 0.15) is 18.4 Å². The Labute approximate surface area is 95.3 Å². The fourth-order valence-electron chi connectivity index (χ4n) is 1.23. The third-order valence-corrected chi connectivity index (χ3v) is 2.56. The first kappa shape index (κ1) is 11.8.